The molecule has 2 aliphatic rings. The van der Waals surface area contributed by atoms with Crippen molar-refractivity contribution in [2.75, 3.05) is 22.9 Å². The van der Waals surface area contributed by atoms with Gasteiger partial charge in [-0.05, 0) is 72.7 Å². The molecule has 0 unspecified atom stereocenters. The molecular weight excluding hydrogens is 831 g/mol. The molecule has 2 aliphatic carbocycles. The number of allylic oxidation sites excluding steroid dienone is 8. The summed E-state index contributed by atoms with van der Waals surface area (Å²) in [7, 11) is 0. The van der Waals surface area contributed by atoms with Crippen LogP contribution in [0.1, 0.15) is 73.1 Å². The minimum Gasteiger partial charge on any atom is -0.359 e. The molecule has 0 radical (unpaired) electrons. The van der Waals surface area contributed by atoms with Gasteiger partial charge in [-0.2, -0.15) is 12.2 Å². The summed E-state index contributed by atoms with van der Waals surface area (Å²) in [5.74, 6) is -4.06. The Bertz CT molecular complexity index is 1760. The van der Waals surface area contributed by atoms with Gasteiger partial charge in [0.25, 0.3) is 0 Å². The molecular formula is C44H40Cl2F4N2O2Ti2. The van der Waals surface area contributed by atoms with Crippen molar-refractivity contribution in [3.63, 3.8) is 0 Å². The Hall–Kier alpha value is -3.49. The summed E-state index contributed by atoms with van der Waals surface area (Å²) in [6, 6.07) is 21.3. The first-order chi connectivity index (χ1) is 26.0. The smallest absolute Gasteiger partial charge is 0.359 e. The third-order valence-corrected chi connectivity index (χ3v) is 8.08. The van der Waals surface area contributed by atoms with Crippen LogP contribution in [0.2, 0.25) is 10.0 Å². The van der Waals surface area contributed by atoms with Gasteiger partial charge in [0, 0.05) is 79.2 Å². The molecule has 0 N–H and O–H groups in total. The van der Waals surface area contributed by atoms with E-state index >= 15 is 0 Å². The van der Waals surface area contributed by atoms with E-state index < -0.39 is 23.3 Å². The molecule has 0 aliphatic heterocycles. The van der Waals surface area contributed by atoms with Crippen LogP contribution in [0.4, 0.5) is 28.9 Å². The van der Waals surface area contributed by atoms with E-state index in [9.17, 15) is 27.2 Å². The number of benzene rings is 4. The zero-order chi connectivity index (χ0) is 39.3. The summed E-state index contributed by atoms with van der Waals surface area (Å²) in [5, 5.41) is 1.02. The molecule has 0 heterocycles. The standard InChI is InChI=1S/2C17H15ClF2NO.2C5H5.2Ti/c2*1-2-3-10-21(16-9-8-14(19)11-15(16)20)17(22)12-4-6-13(18)7-5-12;2*1-2-4-5-3-1;;/h2*4-9H,2-3,10H2,1H3;2*1-3H,4H2;;/q4*-1;;+4. The molecule has 6 rings (SSSR count). The van der Waals surface area contributed by atoms with Gasteiger partial charge in [-0.25, -0.2) is 41.9 Å². The van der Waals surface area contributed by atoms with Crippen molar-refractivity contribution in [2.45, 2.75) is 52.4 Å². The predicted molar refractivity (Wildman–Crippen MR) is 210 cm³/mol. The van der Waals surface area contributed by atoms with E-state index in [-0.39, 0.29) is 66.6 Å². The van der Waals surface area contributed by atoms with Crippen LogP contribution in [0.15, 0.2) is 109 Å². The SMILES string of the molecule is CCCCN(C(=O)c1ccc(Cl)cc1)c1ccc(F)[c-]c1F.CCCCN(C(=O)c1ccc(Cl)cc1)c1ccc(F)[c-]c1F.[C-]1=CC=CC1.[C-]1=CC=CC1.[Ti+4].[Ti]. The van der Waals surface area contributed by atoms with Gasteiger partial charge in [0.05, 0.1) is 0 Å². The van der Waals surface area contributed by atoms with E-state index in [1.807, 2.05) is 50.3 Å². The summed E-state index contributed by atoms with van der Waals surface area (Å²) >= 11 is 11.6. The number of amides is 2. The second-order valence-corrected chi connectivity index (χ2v) is 12.5. The van der Waals surface area contributed by atoms with Crippen LogP contribution in [0.3, 0.4) is 0 Å². The van der Waals surface area contributed by atoms with Gasteiger partial charge in [0.1, 0.15) is 0 Å². The number of rotatable bonds is 10. The first kappa shape index (κ1) is 50.5. The van der Waals surface area contributed by atoms with Gasteiger partial charge in [-0.3, -0.25) is 21.7 Å². The molecule has 0 atom stereocenters. The van der Waals surface area contributed by atoms with E-state index in [1.165, 1.54) is 21.9 Å². The second kappa shape index (κ2) is 28.0. The minimum absolute atomic E-state index is 0. The number of carbonyl (C=O) groups is 2. The molecule has 4 aromatic rings. The fourth-order valence-corrected chi connectivity index (χ4v) is 5.01. The first-order valence-corrected chi connectivity index (χ1v) is 18.1. The zero-order valence-corrected chi connectivity index (χ0v) is 35.7. The Labute approximate surface area is 367 Å². The Balaban J connectivity index is 0.000000434. The van der Waals surface area contributed by atoms with Crippen molar-refractivity contribution in [3.8, 4) is 0 Å². The Morgan fingerprint density at radius 3 is 1.21 bits per heavy atom. The summed E-state index contributed by atoms with van der Waals surface area (Å²) in [6.07, 6.45) is 23.1. The number of nitrogens with zero attached hydrogens (tertiary/aromatic N) is 2. The third-order valence-electron chi connectivity index (χ3n) is 7.58. The molecule has 56 heavy (non-hydrogen) atoms. The van der Waals surface area contributed by atoms with Crippen LogP contribution in [0.25, 0.3) is 0 Å². The third kappa shape index (κ3) is 17.3. The number of anilines is 2. The van der Waals surface area contributed by atoms with Crippen LogP contribution in [0.5, 0.6) is 0 Å². The number of halogens is 6. The van der Waals surface area contributed by atoms with Crippen molar-refractivity contribution in [3.05, 3.63) is 178 Å². The largest absolute Gasteiger partial charge is 4.00 e. The Morgan fingerprint density at radius 2 is 0.964 bits per heavy atom. The number of hydrogen-bond acceptors (Lipinski definition) is 2. The van der Waals surface area contributed by atoms with E-state index in [0.29, 0.717) is 47.1 Å². The number of unbranched alkanes of at least 4 members (excludes halogenated alkanes) is 2. The number of carbonyl (C=O) groups excluding carboxylic acids is 2. The molecule has 2 amide bonds. The van der Waals surface area contributed by atoms with Gasteiger partial charge >= 0.3 is 21.7 Å². The van der Waals surface area contributed by atoms with Crippen LogP contribution in [0, 0.1) is 47.6 Å². The van der Waals surface area contributed by atoms with E-state index in [2.05, 4.69) is 24.3 Å². The Morgan fingerprint density at radius 1 is 0.607 bits per heavy atom. The average molecular weight is 871 g/mol. The maximum atomic E-state index is 14.0. The van der Waals surface area contributed by atoms with Crippen molar-refractivity contribution in [1.82, 2.24) is 0 Å². The second-order valence-electron chi connectivity index (χ2n) is 11.7. The van der Waals surface area contributed by atoms with Crippen LogP contribution in [-0.4, -0.2) is 24.9 Å². The molecule has 12 heteroatoms. The zero-order valence-electron chi connectivity index (χ0n) is 31.0. The molecule has 4 nitrogen and oxygen atoms in total. The molecule has 0 aromatic heterocycles. The van der Waals surface area contributed by atoms with Gasteiger partial charge in [0.2, 0.25) is 11.8 Å². The van der Waals surface area contributed by atoms with Crippen LogP contribution >= 0.6 is 23.2 Å². The van der Waals surface area contributed by atoms with Gasteiger partial charge < -0.3 is 9.80 Å². The molecule has 0 fully saturated rings. The molecule has 0 bridgehead atoms. The molecule has 4 aromatic carbocycles. The van der Waals surface area contributed by atoms with Crippen molar-refractivity contribution in [2.24, 2.45) is 0 Å². The topological polar surface area (TPSA) is 40.6 Å². The fourth-order valence-electron chi connectivity index (χ4n) is 4.76. The van der Waals surface area contributed by atoms with Crippen molar-refractivity contribution >= 4 is 46.4 Å². The monoisotopic (exact) mass is 870 g/mol. The maximum absolute atomic E-state index is 14.0. The number of hydrogen-bond donors (Lipinski definition) is 0. The summed E-state index contributed by atoms with van der Waals surface area (Å²) in [6.45, 7) is 4.62. The maximum Gasteiger partial charge on any atom is 4.00 e. The van der Waals surface area contributed by atoms with Crippen molar-refractivity contribution < 1.29 is 70.6 Å². The fraction of sp³-hybridized carbons (Fsp3) is 0.227. The summed E-state index contributed by atoms with van der Waals surface area (Å²) in [4.78, 5) is 27.8. The summed E-state index contributed by atoms with van der Waals surface area (Å²) in [5.41, 5.74) is 0.832. The minimum atomic E-state index is -0.876. The molecule has 0 saturated carbocycles. The van der Waals surface area contributed by atoms with Gasteiger partial charge in [-0.15, -0.1) is 49.2 Å². The molecule has 0 spiro atoms. The van der Waals surface area contributed by atoms with E-state index in [0.717, 1.165) is 37.8 Å². The predicted octanol–water partition coefficient (Wildman–Crippen LogP) is 12.3. The normalized spacial score (nSPS) is 11.4. The van der Waals surface area contributed by atoms with Gasteiger partial charge in [0.15, 0.2) is 0 Å². The Kier molecular flexibility index (Phi) is 25.3. The molecule has 288 valence electrons. The van der Waals surface area contributed by atoms with Gasteiger partial charge in [-0.1, -0.05) is 49.9 Å². The first-order valence-electron chi connectivity index (χ1n) is 17.4. The van der Waals surface area contributed by atoms with Crippen LogP contribution < -0.4 is 9.80 Å². The molecule has 0 saturated heterocycles. The average Bonchev–Trinajstić information content (AvgIpc) is 3.95. The van der Waals surface area contributed by atoms with E-state index in [1.54, 1.807) is 48.5 Å². The van der Waals surface area contributed by atoms with Crippen LogP contribution in [-0.2, 0) is 43.4 Å². The van der Waals surface area contributed by atoms with Crippen molar-refractivity contribution in [1.29, 1.82) is 0 Å². The van der Waals surface area contributed by atoms with E-state index in [4.69, 9.17) is 23.2 Å². The summed E-state index contributed by atoms with van der Waals surface area (Å²) < 4.78 is 54.0. The quantitative estimate of drug-likeness (QED) is 0.0905.